The first-order chi connectivity index (χ1) is 13.2. The molecule has 7 heteroatoms. The molecule has 1 aliphatic heterocycles. The fourth-order valence-electron chi connectivity index (χ4n) is 3.03. The normalized spacial score (nSPS) is 15.1. The summed E-state index contributed by atoms with van der Waals surface area (Å²) in [5, 5.41) is 2.97. The Morgan fingerprint density at radius 3 is 2.32 bits per heavy atom. The van der Waals surface area contributed by atoms with Crippen LogP contribution in [0.1, 0.15) is 47.5 Å². The molecule has 1 saturated heterocycles. The second kappa shape index (κ2) is 9.66. The molecule has 1 heterocycles. The number of benzene rings is 1. The molecule has 1 aliphatic rings. The van der Waals surface area contributed by atoms with Crippen LogP contribution in [0.4, 0.5) is 10.5 Å². The molecular weight excluding hydrogens is 360 g/mol. The molecule has 1 aromatic carbocycles. The number of rotatable bonds is 6. The highest BCUT2D eigenvalue weighted by molar-refractivity contribution is 5.94. The molecule has 28 heavy (non-hydrogen) atoms. The molecule has 2 rings (SSSR count). The average molecular weight is 392 g/mol. The number of ether oxygens (including phenoxy) is 3. The molecule has 156 valence electrons. The van der Waals surface area contributed by atoms with Gasteiger partial charge in [-0.15, -0.1) is 0 Å². The maximum absolute atomic E-state index is 12.8. The fraction of sp³-hybridized carbons (Fsp3) is 0.619. The number of anilines is 1. The number of nitrogens with one attached hydrogen (secondary N) is 1. The lowest BCUT2D eigenvalue weighted by atomic mass is 9.96. The lowest BCUT2D eigenvalue weighted by Crippen LogP contribution is -2.43. The third kappa shape index (κ3) is 6.32. The number of hydrogen-bond acceptors (Lipinski definition) is 5. The Balaban J connectivity index is 1.97. The zero-order valence-electron chi connectivity index (χ0n) is 17.5. The van der Waals surface area contributed by atoms with E-state index in [0.29, 0.717) is 56.3 Å². The molecule has 7 nitrogen and oxygen atoms in total. The molecular formula is C21H32N2O5. The lowest BCUT2D eigenvalue weighted by Gasteiger charge is -2.33. The summed E-state index contributed by atoms with van der Waals surface area (Å²) in [6, 6.07) is 5.40. The predicted octanol–water partition coefficient (Wildman–Crippen LogP) is 4.07. The van der Waals surface area contributed by atoms with E-state index < -0.39 is 5.60 Å². The second-order valence-electron chi connectivity index (χ2n) is 7.75. The van der Waals surface area contributed by atoms with Gasteiger partial charge in [-0.05, 0) is 59.6 Å². The SMILES string of the molecule is CCOc1ccc(OCC)c(NC(=O)C2CCN(C(=O)OC(C)(C)C)CC2)c1. The summed E-state index contributed by atoms with van der Waals surface area (Å²) in [5.41, 5.74) is 0.0828. The van der Waals surface area contributed by atoms with Crippen LogP contribution in [-0.4, -0.2) is 48.8 Å². The lowest BCUT2D eigenvalue weighted by molar-refractivity contribution is -0.121. The quantitative estimate of drug-likeness (QED) is 0.790. The van der Waals surface area contributed by atoms with Crippen LogP contribution in [0.5, 0.6) is 11.5 Å². The Kier molecular flexibility index (Phi) is 7.54. The number of nitrogens with zero attached hydrogens (tertiary/aromatic N) is 1. The zero-order chi connectivity index (χ0) is 20.7. The largest absolute Gasteiger partial charge is 0.494 e. The van der Waals surface area contributed by atoms with Crippen LogP contribution >= 0.6 is 0 Å². The van der Waals surface area contributed by atoms with Crippen molar-refractivity contribution in [2.45, 2.75) is 53.1 Å². The van der Waals surface area contributed by atoms with Gasteiger partial charge in [0.15, 0.2) is 0 Å². The van der Waals surface area contributed by atoms with Gasteiger partial charge in [0.25, 0.3) is 0 Å². The highest BCUT2D eigenvalue weighted by atomic mass is 16.6. The summed E-state index contributed by atoms with van der Waals surface area (Å²) in [4.78, 5) is 26.6. The molecule has 0 atom stereocenters. The molecule has 0 spiro atoms. The molecule has 0 bridgehead atoms. The number of carbonyl (C=O) groups excluding carboxylic acids is 2. The Hall–Kier alpha value is -2.44. The van der Waals surface area contributed by atoms with Gasteiger partial charge in [-0.1, -0.05) is 0 Å². The van der Waals surface area contributed by atoms with Crippen LogP contribution in [0, 0.1) is 5.92 Å². The second-order valence-corrected chi connectivity index (χ2v) is 7.75. The van der Waals surface area contributed by atoms with E-state index >= 15 is 0 Å². The predicted molar refractivity (Wildman–Crippen MR) is 108 cm³/mol. The number of piperidine rings is 1. The van der Waals surface area contributed by atoms with Crippen molar-refractivity contribution in [1.29, 1.82) is 0 Å². The summed E-state index contributed by atoms with van der Waals surface area (Å²) in [6.45, 7) is 11.4. The van der Waals surface area contributed by atoms with Gasteiger partial charge in [0.1, 0.15) is 17.1 Å². The number of hydrogen-bond donors (Lipinski definition) is 1. The summed E-state index contributed by atoms with van der Waals surface area (Å²) in [7, 11) is 0. The smallest absolute Gasteiger partial charge is 0.410 e. The van der Waals surface area contributed by atoms with Crippen LogP contribution in [0.3, 0.4) is 0 Å². The monoisotopic (exact) mass is 392 g/mol. The van der Waals surface area contributed by atoms with Crippen molar-refractivity contribution in [2.75, 3.05) is 31.6 Å². The van der Waals surface area contributed by atoms with Gasteiger partial charge in [-0.25, -0.2) is 4.79 Å². The number of likely N-dealkylation sites (tertiary alicyclic amines) is 1. The summed E-state index contributed by atoms with van der Waals surface area (Å²) >= 11 is 0. The standard InChI is InChI=1S/C21H32N2O5/c1-6-26-16-8-9-18(27-7-2)17(14-16)22-19(24)15-10-12-23(13-11-15)20(25)28-21(3,4)5/h8-9,14-15H,6-7,10-13H2,1-5H3,(H,22,24). The average Bonchev–Trinajstić information content (AvgIpc) is 2.63. The Morgan fingerprint density at radius 1 is 1.11 bits per heavy atom. The maximum atomic E-state index is 12.8. The molecule has 0 aliphatic carbocycles. The molecule has 0 aromatic heterocycles. The topological polar surface area (TPSA) is 77.1 Å². The highest BCUT2D eigenvalue weighted by Crippen LogP contribution is 2.31. The van der Waals surface area contributed by atoms with E-state index in [4.69, 9.17) is 14.2 Å². The minimum Gasteiger partial charge on any atom is -0.494 e. The minimum absolute atomic E-state index is 0.0709. The van der Waals surface area contributed by atoms with Crippen LogP contribution in [0.15, 0.2) is 18.2 Å². The van der Waals surface area contributed by atoms with Crippen molar-refractivity contribution >= 4 is 17.7 Å². The molecule has 0 unspecified atom stereocenters. The van der Waals surface area contributed by atoms with E-state index in [-0.39, 0.29) is 17.9 Å². The van der Waals surface area contributed by atoms with E-state index in [0.717, 1.165) is 0 Å². The van der Waals surface area contributed by atoms with Crippen molar-refractivity contribution in [2.24, 2.45) is 5.92 Å². The van der Waals surface area contributed by atoms with Crippen LogP contribution in [0.25, 0.3) is 0 Å². The van der Waals surface area contributed by atoms with E-state index in [1.54, 1.807) is 17.0 Å². The van der Waals surface area contributed by atoms with Gasteiger partial charge in [-0.2, -0.15) is 0 Å². The fourth-order valence-corrected chi connectivity index (χ4v) is 3.03. The highest BCUT2D eigenvalue weighted by Gasteiger charge is 2.30. The summed E-state index contributed by atoms with van der Waals surface area (Å²) in [5.74, 6) is 1.06. The molecule has 1 N–H and O–H groups in total. The first-order valence-corrected chi connectivity index (χ1v) is 9.92. The van der Waals surface area contributed by atoms with Crippen molar-refractivity contribution in [1.82, 2.24) is 4.90 Å². The Labute approximate surface area is 167 Å². The minimum atomic E-state index is -0.521. The van der Waals surface area contributed by atoms with Crippen LogP contribution < -0.4 is 14.8 Å². The first kappa shape index (κ1) is 21.9. The number of amides is 2. The third-order valence-electron chi connectivity index (χ3n) is 4.34. The molecule has 1 aromatic rings. The van der Waals surface area contributed by atoms with E-state index in [1.807, 2.05) is 40.7 Å². The van der Waals surface area contributed by atoms with Gasteiger partial charge in [0.05, 0.1) is 18.9 Å². The maximum Gasteiger partial charge on any atom is 0.410 e. The first-order valence-electron chi connectivity index (χ1n) is 9.92. The van der Waals surface area contributed by atoms with Gasteiger partial charge in [0, 0.05) is 25.1 Å². The van der Waals surface area contributed by atoms with Crippen LogP contribution in [-0.2, 0) is 9.53 Å². The molecule has 0 radical (unpaired) electrons. The Bertz CT molecular complexity index is 676. The number of carbonyl (C=O) groups is 2. The molecule has 0 saturated carbocycles. The van der Waals surface area contributed by atoms with E-state index in [1.165, 1.54) is 0 Å². The third-order valence-corrected chi connectivity index (χ3v) is 4.34. The van der Waals surface area contributed by atoms with Crippen molar-refractivity contribution in [3.05, 3.63) is 18.2 Å². The zero-order valence-corrected chi connectivity index (χ0v) is 17.5. The van der Waals surface area contributed by atoms with Crippen LogP contribution in [0.2, 0.25) is 0 Å². The van der Waals surface area contributed by atoms with Gasteiger partial charge < -0.3 is 24.4 Å². The van der Waals surface area contributed by atoms with Gasteiger partial charge >= 0.3 is 6.09 Å². The molecule has 1 fully saturated rings. The van der Waals surface area contributed by atoms with E-state index in [2.05, 4.69) is 5.32 Å². The van der Waals surface area contributed by atoms with Gasteiger partial charge in [-0.3, -0.25) is 4.79 Å². The van der Waals surface area contributed by atoms with E-state index in [9.17, 15) is 9.59 Å². The van der Waals surface area contributed by atoms with Crippen molar-refractivity contribution in [3.8, 4) is 11.5 Å². The van der Waals surface area contributed by atoms with Crippen molar-refractivity contribution in [3.63, 3.8) is 0 Å². The Morgan fingerprint density at radius 2 is 1.75 bits per heavy atom. The van der Waals surface area contributed by atoms with Crippen molar-refractivity contribution < 1.29 is 23.8 Å². The molecule has 2 amide bonds. The van der Waals surface area contributed by atoms with Gasteiger partial charge in [0.2, 0.25) is 5.91 Å². The summed E-state index contributed by atoms with van der Waals surface area (Å²) < 4.78 is 16.5. The summed E-state index contributed by atoms with van der Waals surface area (Å²) in [6.07, 6.45) is 0.870.